The van der Waals surface area contributed by atoms with Crippen molar-refractivity contribution in [1.29, 1.82) is 0 Å². The first kappa shape index (κ1) is 19.9. The molecule has 1 atom stereocenters. The second kappa shape index (κ2) is 8.86. The molecule has 0 saturated carbocycles. The Morgan fingerprint density at radius 3 is 2.64 bits per heavy atom. The number of hydrogen-bond donors (Lipinski definition) is 1. The van der Waals surface area contributed by atoms with Crippen molar-refractivity contribution >= 4 is 28.8 Å². The van der Waals surface area contributed by atoms with Crippen LogP contribution in [0.3, 0.4) is 0 Å². The van der Waals surface area contributed by atoms with Crippen molar-refractivity contribution < 1.29 is 24.2 Å². The molecular formula is C21H21NO5S. The number of Topliss-reactive ketones (excluding diaryl/α,β-unsaturated/α-hetero) is 1. The van der Waals surface area contributed by atoms with Crippen LogP contribution >= 0.6 is 11.3 Å². The SMILES string of the molecule is C=CCOc1ccc(C(O)=C2C(=O)C(=O)N(CCOC)C2c2cccs2)cc1. The van der Waals surface area contributed by atoms with Crippen molar-refractivity contribution in [2.45, 2.75) is 6.04 Å². The number of ketones is 1. The van der Waals surface area contributed by atoms with Gasteiger partial charge in [-0.1, -0.05) is 18.7 Å². The standard InChI is InChI=1S/C21H21NO5S/c1-3-11-27-15-8-6-14(7-9-15)19(23)17-18(16-5-4-13-28-16)22(10-12-26-2)21(25)20(17)24/h3-9,13,18,23H,1,10-12H2,2H3. The van der Waals surface area contributed by atoms with E-state index in [0.717, 1.165) is 4.88 Å². The van der Waals surface area contributed by atoms with Gasteiger partial charge in [0.05, 0.1) is 18.2 Å². The molecular weight excluding hydrogens is 378 g/mol. The molecule has 1 aliphatic rings. The lowest BCUT2D eigenvalue weighted by molar-refractivity contribution is -0.140. The van der Waals surface area contributed by atoms with Gasteiger partial charge in [-0.2, -0.15) is 0 Å². The summed E-state index contributed by atoms with van der Waals surface area (Å²) in [5.41, 5.74) is 0.528. The summed E-state index contributed by atoms with van der Waals surface area (Å²) in [5, 5.41) is 12.8. The largest absolute Gasteiger partial charge is 0.507 e. The van der Waals surface area contributed by atoms with Crippen molar-refractivity contribution in [2.24, 2.45) is 0 Å². The molecule has 6 nitrogen and oxygen atoms in total. The van der Waals surface area contributed by atoms with Gasteiger partial charge in [0, 0.05) is 24.1 Å². The van der Waals surface area contributed by atoms with Gasteiger partial charge in [-0.25, -0.2) is 0 Å². The Labute approximate surface area is 167 Å². The summed E-state index contributed by atoms with van der Waals surface area (Å²) in [5.74, 6) is -0.916. The summed E-state index contributed by atoms with van der Waals surface area (Å²) >= 11 is 1.43. The Kier molecular flexibility index (Phi) is 6.28. The number of hydrogen-bond acceptors (Lipinski definition) is 6. The summed E-state index contributed by atoms with van der Waals surface area (Å²) < 4.78 is 10.5. The minimum absolute atomic E-state index is 0.0864. The van der Waals surface area contributed by atoms with E-state index in [1.54, 1.807) is 30.3 Å². The van der Waals surface area contributed by atoms with Crippen LogP contribution in [0.1, 0.15) is 16.5 Å². The Balaban J connectivity index is 2.01. The summed E-state index contributed by atoms with van der Waals surface area (Å²) in [4.78, 5) is 27.6. The van der Waals surface area contributed by atoms with E-state index in [9.17, 15) is 14.7 Å². The molecule has 3 rings (SSSR count). The molecule has 1 saturated heterocycles. The van der Waals surface area contributed by atoms with Crippen LogP contribution in [0.4, 0.5) is 0 Å². The molecule has 2 aromatic rings. The van der Waals surface area contributed by atoms with Crippen LogP contribution in [-0.2, 0) is 14.3 Å². The first-order chi connectivity index (χ1) is 13.6. The number of nitrogens with zero attached hydrogens (tertiary/aromatic N) is 1. The second-order valence-corrected chi connectivity index (χ2v) is 7.10. The number of benzene rings is 1. The zero-order valence-corrected chi connectivity index (χ0v) is 16.3. The number of methoxy groups -OCH3 is 1. The van der Waals surface area contributed by atoms with E-state index >= 15 is 0 Å². The number of carbonyl (C=O) groups excluding carboxylic acids is 2. The third kappa shape index (κ3) is 3.85. The fourth-order valence-electron chi connectivity index (χ4n) is 3.06. The molecule has 1 amide bonds. The molecule has 1 aromatic heterocycles. The third-order valence-electron chi connectivity index (χ3n) is 4.38. The predicted molar refractivity (Wildman–Crippen MR) is 107 cm³/mol. The van der Waals surface area contributed by atoms with Gasteiger partial charge in [0.25, 0.3) is 11.7 Å². The lowest BCUT2D eigenvalue weighted by Gasteiger charge is -2.23. The number of thiophene rings is 1. The van der Waals surface area contributed by atoms with Crippen molar-refractivity contribution in [3.05, 3.63) is 70.4 Å². The van der Waals surface area contributed by atoms with E-state index in [-0.39, 0.29) is 17.9 Å². The maximum Gasteiger partial charge on any atom is 0.295 e. The lowest BCUT2D eigenvalue weighted by atomic mass is 10.00. The van der Waals surface area contributed by atoms with Gasteiger partial charge < -0.3 is 19.5 Å². The quantitative estimate of drug-likeness (QED) is 0.319. The van der Waals surface area contributed by atoms with Crippen molar-refractivity contribution in [3.8, 4) is 5.75 Å². The van der Waals surface area contributed by atoms with Crippen LogP contribution in [0.5, 0.6) is 5.75 Å². The topological polar surface area (TPSA) is 76.1 Å². The normalized spacial score (nSPS) is 18.5. The molecule has 0 aliphatic carbocycles. The molecule has 1 N–H and O–H groups in total. The molecule has 7 heteroatoms. The molecule has 1 aliphatic heterocycles. The smallest absolute Gasteiger partial charge is 0.295 e. The number of likely N-dealkylation sites (tertiary alicyclic amines) is 1. The number of amides is 1. The first-order valence-electron chi connectivity index (χ1n) is 8.73. The van der Waals surface area contributed by atoms with Gasteiger partial charge in [-0.15, -0.1) is 11.3 Å². The van der Waals surface area contributed by atoms with Crippen molar-refractivity contribution in [2.75, 3.05) is 26.9 Å². The molecule has 0 bridgehead atoms. The number of rotatable bonds is 8. The van der Waals surface area contributed by atoms with Crippen LogP contribution in [0.2, 0.25) is 0 Å². The monoisotopic (exact) mass is 399 g/mol. The molecule has 0 spiro atoms. The predicted octanol–water partition coefficient (Wildman–Crippen LogP) is 3.38. The third-order valence-corrected chi connectivity index (χ3v) is 5.31. The van der Waals surface area contributed by atoms with Gasteiger partial charge in [-0.05, 0) is 35.7 Å². The van der Waals surface area contributed by atoms with Gasteiger partial charge in [0.1, 0.15) is 18.1 Å². The van der Waals surface area contributed by atoms with E-state index in [4.69, 9.17) is 9.47 Å². The molecule has 146 valence electrons. The molecule has 1 fully saturated rings. The van der Waals surface area contributed by atoms with Crippen LogP contribution in [-0.4, -0.2) is 48.6 Å². The maximum absolute atomic E-state index is 12.7. The minimum atomic E-state index is -0.695. The van der Waals surface area contributed by atoms with Crippen LogP contribution in [0.15, 0.2) is 60.0 Å². The van der Waals surface area contributed by atoms with E-state index in [0.29, 0.717) is 24.5 Å². The fraction of sp³-hybridized carbons (Fsp3) is 0.238. The highest BCUT2D eigenvalue weighted by Crippen LogP contribution is 2.40. The molecule has 1 aromatic carbocycles. The number of carbonyl (C=O) groups is 2. The highest BCUT2D eigenvalue weighted by Gasteiger charge is 2.46. The van der Waals surface area contributed by atoms with Crippen LogP contribution < -0.4 is 4.74 Å². The first-order valence-corrected chi connectivity index (χ1v) is 9.61. The summed E-state index contributed by atoms with van der Waals surface area (Å²) in [7, 11) is 1.53. The molecule has 0 radical (unpaired) electrons. The molecule has 2 heterocycles. The zero-order valence-electron chi connectivity index (χ0n) is 15.5. The lowest BCUT2D eigenvalue weighted by Crippen LogP contribution is -2.32. The van der Waals surface area contributed by atoms with Gasteiger partial charge in [0.15, 0.2) is 0 Å². The van der Waals surface area contributed by atoms with Gasteiger partial charge >= 0.3 is 0 Å². The molecule has 28 heavy (non-hydrogen) atoms. The zero-order chi connectivity index (χ0) is 20.1. The summed E-state index contributed by atoms with van der Waals surface area (Å²) in [6, 6.07) is 9.76. The average Bonchev–Trinajstić information content (AvgIpc) is 3.32. The van der Waals surface area contributed by atoms with Gasteiger partial charge in [0.2, 0.25) is 0 Å². The number of ether oxygens (including phenoxy) is 2. The fourth-order valence-corrected chi connectivity index (χ4v) is 3.91. The Hall–Kier alpha value is -2.90. The average molecular weight is 399 g/mol. The molecule has 1 unspecified atom stereocenters. The van der Waals surface area contributed by atoms with Crippen molar-refractivity contribution in [3.63, 3.8) is 0 Å². The summed E-state index contributed by atoms with van der Waals surface area (Å²) in [6.07, 6.45) is 1.64. The Bertz CT molecular complexity index is 886. The van der Waals surface area contributed by atoms with E-state index in [2.05, 4.69) is 6.58 Å². The highest BCUT2D eigenvalue weighted by molar-refractivity contribution is 7.10. The Morgan fingerprint density at radius 2 is 2.04 bits per heavy atom. The van der Waals surface area contributed by atoms with Crippen LogP contribution in [0, 0.1) is 0 Å². The maximum atomic E-state index is 12.7. The summed E-state index contributed by atoms with van der Waals surface area (Å²) in [6.45, 7) is 4.52. The second-order valence-electron chi connectivity index (χ2n) is 6.12. The van der Waals surface area contributed by atoms with E-state index in [1.807, 2.05) is 17.5 Å². The number of aliphatic hydroxyl groups is 1. The minimum Gasteiger partial charge on any atom is -0.507 e. The number of aliphatic hydroxyl groups excluding tert-OH is 1. The van der Waals surface area contributed by atoms with E-state index < -0.39 is 17.7 Å². The highest BCUT2D eigenvalue weighted by atomic mass is 32.1. The van der Waals surface area contributed by atoms with Crippen molar-refractivity contribution in [1.82, 2.24) is 4.90 Å². The van der Waals surface area contributed by atoms with E-state index in [1.165, 1.54) is 23.3 Å². The van der Waals surface area contributed by atoms with Crippen LogP contribution in [0.25, 0.3) is 5.76 Å². The Morgan fingerprint density at radius 1 is 1.29 bits per heavy atom. The van der Waals surface area contributed by atoms with Gasteiger partial charge in [-0.3, -0.25) is 9.59 Å².